The molecule has 4 heterocycles. The first-order valence-corrected chi connectivity index (χ1v) is 9.91. The highest BCUT2D eigenvalue weighted by atomic mass is 15.1. The van der Waals surface area contributed by atoms with E-state index in [9.17, 15) is 0 Å². The Hall–Kier alpha value is -0.0151. The molecule has 0 amide bonds. The van der Waals surface area contributed by atoms with Crippen molar-refractivity contribution >= 4 is 7.85 Å². The largest absolute Gasteiger partial charge is 0.309 e. The van der Waals surface area contributed by atoms with Crippen LogP contribution >= 0.6 is 0 Å². The molecule has 0 aromatic heterocycles. The molecule has 120 valence electrons. The molecule has 2 N–H and O–H groups in total. The van der Waals surface area contributed by atoms with E-state index in [0.717, 1.165) is 23.7 Å². The normalized spacial score (nSPS) is 63.1. The van der Waals surface area contributed by atoms with Crippen molar-refractivity contribution < 1.29 is 0 Å². The Bertz CT molecular complexity index is 449. The Morgan fingerprint density at radius 1 is 0.864 bits per heavy atom. The number of nitrogens with one attached hydrogen (secondary N) is 2. The average Bonchev–Trinajstić information content (AvgIpc) is 2.90. The van der Waals surface area contributed by atoms with E-state index in [2.05, 4.69) is 24.5 Å². The standard InChI is InChI=1S/C19H31BN2/c1-9-10(2)21-18-14-5-3-4-13(14)11-6-12(7-11)16-8-15(20)17(9)19(18)22-16/h9-19,21-22H,3-8H2,1-2H3/t9?,10-,11?,12?,13?,14?,15?,16?,17?,18?,19?/m1/s1. The smallest absolute Gasteiger partial charge is 0.0705 e. The summed E-state index contributed by atoms with van der Waals surface area (Å²) in [6, 6.07) is 2.63. The van der Waals surface area contributed by atoms with Crippen molar-refractivity contribution in [2.75, 3.05) is 0 Å². The summed E-state index contributed by atoms with van der Waals surface area (Å²) in [4.78, 5) is 0. The van der Waals surface area contributed by atoms with Crippen LogP contribution in [0.1, 0.15) is 52.4 Å². The molecule has 0 spiro atoms. The second-order valence-corrected chi connectivity index (χ2v) is 9.37. The molecule has 4 bridgehead atoms. The zero-order valence-corrected chi connectivity index (χ0v) is 14.2. The van der Waals surface area contributed by atoms with Crippen LogP contribution in [0.5, 0.6) is 0 Å². The van der Waals surface area contributed by atoms with E-state index in [1.54, 1.807) is 0 Å². The fraction of sp³-hybridized carbons (Fsp3) is 1.00. The van der Waals surface area contributed by atoms with Crippen LogP contribution in [0.3, 0.4) is 0 Å². The molecule has 6 rings (SSSR count). The van der Waals surface area contributed by atoms with Crippen LogP contribution < -0.4 is 10.6 Å². The van der Waals surface area contributed by atoms with E-state index in [0.29, 0.717) is 41.8 Å². The maximum atomic E-state index is 6.75. The molecule has 2 aliphatic carbocycles. The second-order valence-electron chi connectivity index (χ2n) is 9.37. The van der Waals surface area contributed by atoms with Crippen LogP contribution in [0, 0.1) is 35.5 Å². The van der Waals surface area contributed by atoms with Gasteiger partial charge in [0.05, 0.1) is 7.85 Å². The fourth-order valence-corrected chi connectivity index (χ4v) is 7.25. The monoisotopic (exact) mass is 298 g/mol. The van der Waals surface area contributed by atoms with Crippen LogP contribution in [0.2, 0.25) is 5.82 Å². The molecule has 22 heavy (non-hydrogen) atoms. The van der Waals surface area contributed by atoms with Crippen molar-refractivity contribution in [1.29, 1.82) is 0 Å². The zero-order valence-electron chi connectivity index (χ0n) is 14.2. The van der Waals surface area contributed by atoms with Gasteiger partial charge in [0.2, 0.25) is 0 Å². The van der Waals surface area contributed by atoms with Crippen molar-refractivity contribution in [3.05, 3.63) is 0 Å². The number of rotatable bonds is 0. The quantitative estimate of drug-likeness (QED) is 0.672. The molecule has 0 aromatic carbocycles. The van der Waals surface area contributed by atoms with Crippen LogP contribution in [0.25, 0.3) is 0 Å². The summed E-state index contributed by atoms with van der Waals surface area (Å²) >= 11 is 0. The van der Waals surface area contributed by atoms with Crippen LogP contribution in [-0.4, -0.2) is 32.0 Å². The number of hydrogen-bond acceptors (Lipinski definition) is 2. The van der Waals surface area contributed by atoms with E-state index < -0.39 is 0 Å². The van der Waals surface area contributed by atoms with Gasteiger partial charge < -0.3 is 10.6 Å². The van der Waals surface area contributed by atoms with E-state index in [1.807, 2.05) is 0 Å². The molecule has 0 aromatic rings. The molecule has 2 nitrogen and oxygen atoms in total. The summed E-state index contributed by atoms with van der Waals surface area (Å²) in [5, 5.41) is 8.20. The van der Waals surface area contributed by atoms with Crippen LogP contribution in [0.15, 0.2) is 0 Å². The minimum Gasteiger partial charge on any atom is -0.309 e. The third kappa shape index (κ3) is 1.87. The maximum Gasteiger partial charge on any atom is 0.0705 e. The molecule has 4 saturated heterocycles. The molecule has 6 fully saturated rings. The molecule has 2 saturated carbocycles. The second kappa shape index (κ2) is 4.99. The van der Waals surface area contributed by atoms with Gasteiger partial charge in [-0.25, -0.2) is 0 Å². The predicted molar refractivity (Wildman–Crippen MR) is 90.9 cm³/mol. The van der Waals surface area contributed by atoms with Gasteiger partial charge in [0.15, 0.2) is 0 Å². The summed E-state index contributed by atoms with van der Waals surface area (Å²) in [7, 11) is 6.75. The minimum absolute atomic E-state index is 0.412. The molecule has 9 atom stereocenters. The van der Waals surface area contributed by atoms with Gasteiger partial charge >= 0.3 is 0 Å². The summed E-state index contributed by atoms with van der Waals surface area (Å²) in [6.45, 7) is 4.83. The average molecular weight is 298 g/mol. The molecule has 3 heteroatoms. The summed E-state index contributed by atoms with van der Waals surface area (Å²) in [5.74, 6) is 5.65. The Kier molecular flexibility index (Phi) is 3.25. The van der Waals surface area contributed by atoms with Gasteiger partial charge in [-0.15, -0.1) is 0 Å². The lowest BCUT2D eigenvalue weighted by atomic mass is 9.57. The Labute approximate surface area is 137 Å². The Morgan fingerprint density at radius 2 is 1.64 bits per heavy atom. The van der Waals surface area contributed by atoms with Crippen LogP contribution in [0.4, 0.5) is 0 Å². The van der Waals surface area contributed by atoms with Crippen molar-refractivity contribution in [1.82, 2.24) is 10.6 Å². The Balaban J connectivity index is 1.55. The molecular weight excluding hydrogens is 267 g/mol. The lowest BCUT2D eigenvalue weighted by molar-refractivity contribution is 0.0429. The molecular formula is C19H31BN2. The first-order chi connectivity index (χ1) is 10.6. The van der Waals surface area contributed by atoms with E-state index >= 15 is 0 Å². The van der Waals surface area contributed by atoms with Gasteiger partial charge in [0.25, 0.3) is 0 Å². The lowest BCUT2D eigenvalue weighted by Crippen LogP contribution is -2.69. The van der Waals surface area contributed by atoms with Gasteiger partial charge in [0, 0.05) is 24.2 Å². The highest BCUT2D eigenvalue weighted by molar-refractivity contribution is 6.12. The third-order valence-electron chi connectivity index (χ3n) is 8.55. The highest BCUT2D eigenvalue weighted by Gasteiger charge is 2.56. The number of hydrogen-bond donors (Lipinski definition) is 2. The first kappa shape index (κ1) is 14.3. The Morgan fingerprint density at radius 3 is 2.45 bits per heavy atom. The van der Waals surface area contributed by atoms with Gasteiger partial charge in [-0.3, -0.25) is 0 Å². The highest BCUT2D eigenvalue weighted by Crippen LogP contribution is 2.55. The van der Waals surface area contributed by atoms with Gasteiger partial charge in [-0.2, -0.15) is 0 Å². The van der Waals surface area contributed by atoms with Gasteiger partial charge in [-0.1, -0.05) is 19.2 Å². The summed E-state index contributed by atoms with van der Waals surface area (Å²) < 4.78 is 0. The zero-order chi connectivity index (χ0) is 15.0. The molecule has 8 unspecified atom stereocenters. The fourth-order valence-electron chi connectivity index (χ4n) is 7.25. The summed E-state index contributed by atoms with van der Waals surface area (Å²) in [6.07, 6.45) is 8.61. The SMILES string of the molecule is [B]C1CC2NC3C(N[C@H](C)C(C)C13)C1CCCC1C1CC2C1. The topological polar surface area (TPSA) is 24.1 Å². The van der Waals surface area contributed by atoms with E-state index in [-0.39, 0.29) is 0 Å². The lowest BCUT2D eigenvalue weighted by Gasteiger charge is -2.56. The van der Waals surface area contributed by atoms with Crippen LogP contribution in [-0.2, 0) is 0 Å². The third-order valence-corrected chi connectivity index (χ3v) is 8.55. The first-order valence-electron chi connectivity index (χ1n) is 9.91. The molecule has 6 aliphatic rings. The van der Waals surface area contributed by atoms with Gasteiger partial charge in [0.1, 0.15) is 0 Å². The van der Waals surface area contributed by atoms with Crippen molar-refractivity contribution in [2.24, 2.45) is 35.5 Å². The maximum absolute atomic E-state index is 6.75. The minimum atomic E-state index is 0.412. The number of piperidine rings is 2. The van der Waals surface area contributed by atoms with Gasteiger partial charge in [-0.05, 0) is 74.5 Å². The van der Waals surface area contributed by atoms with Crippen molar-refractivity contribution in [3.8, 4) is 0 Å². The predicted octanol–water partition coefficient (Wildman–Crippen LogP) is 2.74. The van der Waals surface area contributed by atoms with Crippen molar-refractivity contribution in [3.63, 3.8) is 0 Å². The molecule has 4 aliphatic heterocycles. The van der Waals surface area contributed by atoms with E-state index in [1.165, 1.54) is 38.5 Å². The van der Waals surface area contributed by atoms with Crippen molar-refractivity contribution in [2.45, 2.75) is 82.4 Å². The molecule has 2 radical (unpaired) electrons. The van der Waals surface area contributed by atoms with E-state index in [4.69, 9.17) is 7.85 Å². The summed E-state index contributed by atoms with van der Waals surface area (Å²) in [5.41, 5.74) is 0.